The molecule has 0 unspecified atom stereocenters. The van der Waals surface area contributed by atoms with Crippen LogP contribution in [-0.2, 0) is 16.1 Å². The molecule has 2 aromatic rings. The molecule has 0 spiro atoms. The monoisotopic (exact) mass is 494 g/mol. The van der Waals surface area contributed by atoms with E-state index in [2.05, 4.69) is 21.2 Å². The van der Waals surface area contributed by atoms with Crippen LogP contribution >= 0.6 is 27.5 Å². The first kappa shape index (κ1) is 24.2. The van der Waals surface area contributed by atoms with E-state index >= 15 is 0 Å². The van der Waals surface area contributed by atoms with Crippen LogP contribution < -0.4 is 10.1 Å². The predicted molar refractivity (Wildman–Crippen MR) is 124 cm³/mol. The van der Waals surface area contributed by atoms with Gasteiger partial charge in [0.2, 0.25) is 5.91 Å². The highest BCUT2D eigenvalue weighted by Crippen LogP contribution is 2.22. The van der Waals surface area contributed by atoms with E-state index in [-0.39, 0.29) is 25.0 Å². The Kier molecular flexibility index (Phi) is 9.18. The Labute approximate surface area is 191 Å². The van der Waals surface area contributed by atoms with Gasteiger partial charge in [-0.1, -0.05) is 53.5 Å². The number of amides is 2. The number of nitrogens with one attached hydrogen (secondary N) is 1. The molecule has 0 saturated heterocycles. The van der Waals surface area contributed by atoms with Crippen LogP contribution in [0.25, 0.3) is 0 Å². The molecule has 0 radical (unpaired) electrons. The van der Waals surface area contributed by atoms with Gasteiger partial charge >= 0.3 is 0 Å². The largest absolute Gasteiger partial charge is 0.484 e. The SMILES string of the molecule is Cc1cc(OCC(=O)N(Cc2ccc(Cl)cc2)[C@@H](C)C(=O)NCC(C)C)ccc1Br. The molecule has 0 bridgehead atoms. The fourth-order valence-corrected chi connectivity index (χ4v) is 3.13. The fourth-order valence-electron chi connectivity index (χ4n) is 2.76. The van der Waals surface area contributed by atoms with Gasteiger partial charge in [0.25, 0.3) is 5.91 Å². The molecule has 2 rings (SSSR count). The van der Waals surface area contributed by atoms with Gasteiger partial charge in [-0.15, -0.1) is 0 Å². The Morgan fingerprint density at radius 3 is 2.40 bits per heavy atom. The van der Waals surface area contributed by atoms with Gasteiger partial charge in [0.15, 0.2) is 6.61 Å². The van der Waals surface area contributed by atoms with Crippen LogP contribution in [0.5, 0.6) is 5.75 Å². The summed E-state index contributed by atoms with van der Waals surface area (Å²) >= 11 is 9.42. The third-order valence-electron chi connectivity index (χ3n) is 4.61. The Bertz CT molecular complexity index is 871. The first-order valence-electron chi connectivity index (χ1n) is 9.88. The summed E-state index contributed by atoms with van der Waals surface area (Å²) < 4.78 is 6.68. The molecule has 30 heavy (non-hydrogen) atoms. The van der Waals surface area contributed by atoms with Crippen LogP contribution in [0.1, 0.15) is 31.9 Å². The Morgan fingerprint density at radius 2 is 1.80 bits per heavy atom. The summed E-state index contributed by atoms with van der Waals surface area (Å²) in [6.45, 7) is 8.41. The second-order valence-electron chi connectivity index (χ2n) is 7.66. The number of carbonyl (C=O) groups excluding carboxylic acids is 2. The molecule has 162 valence electrons. The minimum absolute atomic E-state index is 0.156. The average Bonchev–Trinajstić information content (AvgIpc) is 2.71. The molecular formula is C23H28BrClN2O3. The van der Waals surface area contributed by atoms with E-state index < -0.39 is 6.04 Å². The van der Waals surface area contributed by atoms with Gasteiger partial charge in [-0.25, -0.2) is 0 Å². The van der Waals surface area contributed by atoms with E-state index in [9.17, 15) is 9.59 Å². The molecule has 7 heteroatoms. The minimum atomic E-state index is -0.637. The summed E-state index contributed by atoms with van der Waals surface area (Å²) in [5.41, 5.74) is 1.90. The molecule has 0 aliphatic carbocycles. The number of nitrogens with zero attached hydrogens (tertiary/aromatic N) is 1. The third kappa shape index (κ3) is 7.33. The molecule has 2 aromatic carbocycles. The lowest BCUT2D eigenvalue weighted by molar-refractivity contribution is -0.142. The van der Waals surface area contributed by atoms with Crippen LogP contribution in [0, 0.1) is 12.8 Å². The van der Waals surface area contributed by atoms with Gasteiger partial charge in [-0.2, -0.15) is 0 Å². The first-order chi connectivity index (χ1) is 14.2. The van der Waals surface area contributed by atoms with Crippen molar-refractivity contribution in [1.29, 1.82) is 0 Å². The summed E-state index contributed by atoms with van der Waals surface area (Å²) in [7, 11) is 0. The minimum Gasteiger partial charge on any atom is -0.484 e. The van der Waals surface area contributed by atoms with E-state index in [1.54, 1.807) is 25.1 Å². The van der Waals surface area contributed by atoms with Crippen LogP contribution in [0.15, 0.2) is 46.9 Å². The molecule has 2 amide bonds. The maximum absolute atomic E-state index is 13.0. The second kappa shape index (κ2) is 11.4. The lowest BCUT2D eigenvalue weighted by Gasteiger charge is -2.29. The first-order valence-corrected chi connectivity index (χ1v) is 11.0. The van der Waals surface area contributed by atoms with Gasteiger partial charge in [0.05, 0.1) is 0 Å². The summed E-state index contributed by atoms with van der Waals surface area (Å²) in [5.74, 6) is 0.473. The molecule has 0 aliphatic rings. The quantitative estimate of drug-likeness (QED) is 0.534. The van der Waals surface area contributed by atoms with Gasteiger partial charge in [0, 0.05) is 22.6 Å². The molecule has 5 nitrogen and oxygen atoms in total. The van der Waals surface area contributed by atoms with Gasteiger partial charge < -0.3 is 15.0 Å². The Balaban J connectivity index is 2.13. The van der Waals surface area contributed by atoms with Gasteiger partial charge in [0.1, 0.15) is 11.8 Å². The Hall–Kier alpha value is -2.05. The second-order valence-corrected chi connectivity index (χ2v) is 8.95. The topological polar surface area (TPSA) is 58.6 Å². The van der Waals surface area contributed by atoms with Crippen molar-refractivity contribution in [3.05, 3.63) is 63.1 Å². The zero-order chi connectivity index (χ0) is 22.3. The molecular weight excluding hydrogens is 468 g/mol. The molecule has 1 N–H and O–H groups in total. The van der Waals surface area contributed by atoms with Crippen LogP contribution in [-0.4, -0.2) is 35.9 Å². The number of hydrogen-bond acceptors (Lipinski definition) is 3. The third-order valence-corrected chi connectivity index (χ3v) is 5.75. The molecule has 0 heterocycles. The van der Waals surface area contributed by atoms with E-state index in [4.69, 9.17) is 16.3 Å². The summed E-state index contributed by atoms with van der Waals surface area (Å²) in [5, 5.41) is 3.52. The van der Waals surface area contributed by atoms with E-state index in [0.717, 1.165) is 15.6 Å². The number of halogens is 2. The van der Waals surface area contributed by atoms with Crippen LogP contribution in [0.4, 0.5) is 0 Å². The summed E-state index contributed by atoms with van der Waals surface area (Å²) in [6, 6.07) is 12.1. The average molecular weight is 496 g/mol. The van der Waals surface area contributed by atoms with Crippen molar-refractivity contribution < 1.29 is 14.3 Å². The smallest absolute Gasteiger partial charge is 0.261 e. The molecule has 0 aliphatic heterocycles. The highest BCUT2D eigenvalue weighted by Gasteiger charge is 2.26. The van der Waals surface area contributed by atoms with E-state index in [1.165, 1.54) is 4.90 Å². The van der Waals surface area contributed by atoms with Gasteiger partial charge in [-0.3, -0.25) is 9.59 Å². The number of rotatable bonds is 9. The fraction of sp³-hybridized carbons (Fsp3) is 0.391. The summed E-state index contributed by atoms with van der Waals surface area (Å²) in [4.78, 5) is 27.2. The van der Waals surface area contributed by atoms with Crippen molar-refractivity contribution in [1.82, 2.24) is 10.2 Å². The zero-order valence-electron chi connectivity index (χ0n) is 17.7. The predicted octanol–water partition coefficient (Wildman–Crippen LogP) is 4.98. The lowest BCUT2D eigenvalue weighted by atomic mass is 10.1. The van der Waals surface area contributed by atoms with Crippen molar-refractivity contribution in [2.24, 2.45) is 5.92 Å². The molecule has 0 saturated carbocycles. The van der Waals surface area contributed by atoms with E-state index in [1.807, 2.05) is 45.0 Å². The Morgan fingerprint density at radius 1 is 1.13 bits per heavy atom. The van der Waals surface area contributed by atoms with Crippen molar-refractivity contribution in [3.8, 4) is 5.75 Å². The van der Waals surface area contributed by atoms with Crippen molar-refractivity contribution in [2.75, 3.05) is 13.2 Å². The van der Waals surface area contributed by atoms with Crippen LogP contribution in [0.2, 0.25) is 5.02 Å². The van der Waals surface area contributed by atoms with Crippen molar-refractivity contribution >= 4 is 39.3 Å². The molecule has 0 aromatic heterocycles. The van der Waals surface area contributed by atoms with Crippen molar-refractivity contribution in [3.63, 3.8) is 0 Å². The normalized spacial score (nSPS) is 11.8. The summed E-state index contributed by atoms with van der Waals surface area (Å²) in [6.07, 6.45) is 0. The van der Waals surface area contributed by atoms with E-state index in [0.29, 0.717) is 23.2 Å². The zero-order valence-corrected chi connectivity index (χ0v) is 20.1. The van der Waals surface area contributed by atoms with Crippen molar-refractivity contribution in [2.45, 2.75) is 40.3 Å². The number of carbonyl (C=O) groups is 2. The standard InChI is InChI=1S/C23H28BrClN2O3/c1-15(2)12-26-23(29)17(4)27(13-18-5-7-19(25)8-6-18)22(28)14-30-20-9-10-21(24)16(3)11-20/h5-11,15,17H,12-14H2,1-4H3,(H,26,29)/t17-/m0/s1. The number of aryl methyl sites for hydroxylation is 1. The van der Waals surface area contributed by atoms with Gasteiger partial charge in [-0.05, 0) is 61.2 Å². The van der Waals surface area contributed by atoms with Crippen LogP contribution in [0.3, 0.4) is 0 Å². The highest BCUT2D eigenvalue weighted by molar-refractivity contribution is 9.10. The maximum atomic E-state index is 13.0. The number of benzene rings is 2. The highest BCUT2D eigenvalue weighted by atomic mass is 79.9. The molecule has 1 atom stereocenters. The maximum Gasteiger partial charge on any atom is 0.261 e. The number of hydrogen-bond donors (Lipinski definition) is 1. The molecule has 0 fully saturated rings. The number of ether oxygens (including phenoxy) is 1. The lowest BCUT2D eigenvalue weighted by Crippen LogP contribution is -2.49.